The first kappa shape index (κ1) is 35.0. The molecule has 0 heterocycles. The molecule has 0 radical (unpaired) electrons. The summed E-state index contributed by atoms with van der Waals surface area (Å²) >= 11 is 0. The third-order valence-corrected chi connectivity index (χ3v) is 6.11. The number of aliphatic hydroxyl groups is 1. The van der Waals surface area contributed by atoms with E-state index in [1.165, 1.54) is 25.7 Å². The maximum atomic E-state index is 11.8. The molecule has 8 heteroatoms. The highest BCUT2D eigenvalue weighted by atomic mass is 31.2. The molecule has 0 aliphatic heterocycles. The van der Waals surface area contributed by atoms with Crippen LogP contribution in [0.25, 0.3) is 0 Å². The van der Waals surface area contributed by atoms with E-state index in [4.69, 9.17) is 13.8 Å². The van der Waals surface area contributed by atoms with Crippen molar-refractivity contribution < 1.29 is 32.8 Å². The van der Waals surface area contributed by atoms with Crippen molar-refractivity contribution in [2.75, 3.05) is 54.1 Å². The number of allylic oxidation sites excluding steroid dienone is 8. The lowest BCUT2D eigenvalue weighted by molar-refractivity contribution is -0.870. The number of hydrogen-bond acceptors (Lipinski definition) is 5. The molecule has 7 nitrogen and oxygen atoms in total. The zero-order valence-electron chi connectivity index (χ0n) is 23.2. The van der Waals surface area contributed by atoms with Crippen molar-refractivity contribution in [2.45, 2.75) is 77.2 Å². The number of phosphoric ester groups is 1. The van der Waals surface area contributed by atoms with E-state index in [0.29, 0.717) is 17.6 Å². The van der Waals surface area contributed by atoms with Gasteiger partial charge in [-0.2, -0.15) is 0 Å². The van der Waals surface area contributed by atoms with E-state index in [0.717, 1.165) is 38.5 Å². The normalized spacial score (nSPS) is 15.6. The van der Waals surface area contributed by atoms with Crippen molar-refractivity contribution in [3.8, 4) is 0 Å². The van der Waals surface area contributed by atoms with E-state index in [1.54, 1.807) is 0 Å². The number of hydrogen-bond donors (Lipinski definition) is 2. The van der Waals surface area contributed by atoms with Gasteiger partial charge in [0.05, 0.1) is 34.4 Å². The molecule has 0 saturated carbocycles. The summed E-state index contributed by atoms with van der Waals surface area (Å²) < 4.78 is 27.6. The molecule has 2 atom stereocenters. The second-order valence-corrected chi connectivity index (χ2v) is 11.4. The van der Waals surface area contributed by atoms with Crippen LogP contribution in [0.5, 0.6) is 0 Å². The minimum atomic E-state index is -4.16. The van der Waals surface area contributed by atoms with E-state index >= 15 is 0 Å². The van der Waals surface area contributed by atoms with Crippen LogP contribution in [-0.4, -0.2) is 74.7 Å². The van der Waals surface area contributed by atoms with Gasteiger partial charge < -0.3 is 19.2 Å². The Labute approximate surface area is 220 Å². The molecule has 0 rings (SSSR count). The highest BCUT2D eigenvalue weighted by Crippen LogP contribution is 2.43. The van der Waals surface area contributed by atoms with E-state index in [1.807, 2.05) is 21.1 Å². The third-order valence-electron chi connectivity index (χ3n) is 5.12. The van der Waals surface area contributed by atoms with Gasteiger partial charge >= 0.3 is 7.82 Å². The molecule has 0 aliphatic carbocycles. The second kappa shape index (κ2) is 23.1. The van der Waals surface area contributed by atoms with Crippen molar-refractivity contribution in [3.05, 3.63) is 48.6 Å². The first-order valence-corrected chi connectivity index (χ1v) is 14.9. The molecule has 0 spiro atoms. The number of quaternary nitrogens is 1. The first-order valence-electron chi connectivity index (χ1n) is 13.4. The summed E-state index contributed by atoms with van der Waals surface area (Å²) in [7, 11) is 1.71. The van der Waals surface area contributed by atoms with Crippen LogP contribution in [0.2, 0.25) is 0 Å². The van der Waals surface area contributed by atoms with Crippen molar-refractivity contribution >= 4 is 7.82 Å². The number of ether oxygens (including phenoxy) is 1. The number of nitrogens with zero attached hydrogens (tertiary/aromatic N) is 1. The number of rotatable bonds is 24. The van der Waals surface area contributed by atoms with Gasteiger partial charge in [0.2, 0.25) is 0 Å². The molecule has 0 aliphatic rings. The van der Waals surface area contributed by atoms with Crippen LogP contribution < -0.4 is 0 Å². The van der Waals surface area contributed by atoms with Gasteiger partial charge in [0.15, 0.2) is 0 Å². The fraction of sp³-hybridized carbons (Fsp3) is 0.714. The standard InChI is InChI=1S/C28H52NO6P/c1-5-6-7-8-9-10-11-12-13-14-15-16-17-18-19-20-21-22-24-33-26-28(30)27-35-36(31,32)34-25-23-29(2,3)4/h9-10,12-13,15-16,18-19,28,30H,5-8,11,14,17,20-27H2,1-4H3/p+1/b10-9-,13-12-,16-15-,19-18-/t28-/m0/s1. The lowest BCUT2D eigenvalue weighted by Gasteiger charge is -2.24. The lowest BCUT2D eigenvalue weighted by Crippen LogP contribution is -2.37. The van der Waals surface area contributed by atoms with E-state index in [2.05, 4.69) is 55.5 Å². The fourth-order valence-corrected chi connectivity index (χ4v) is 3.69. The predicted molar refractivity (Wildman–Crippen MR) is 150 cm³/mol. The second-order valence-electron chi connectivity index (χ2n) is 9.92. The molecule has 0 amide bonds. The topological polar surface area (TPSA) is 85.2 Å². The van der Waals surface area contributed by atoms with Crippen molar-refractivity contribution in [1.82, 2.24) is 0 Å². The van der Waals surface area contributed by atoms with E-state index in [9.17, 15) is 14.6 Å². The molecule has 2 N–H and O–H groups in total. The van der Waals surface area contributed by atoms with Gasteiger partial charge in [-0.05, 0) is 51.4 Å². The molecule has 0 aromatic heterocycles. The van der Waals surface area contributed by atoms with Crippen LogP contribution in [0.4, 0.5) is 0 Å². The molecule has 0 aromatic carbocycles. The molecule has 0 saturated heterocycles. The highest BCUT2D eigenvalue weighted by molar-refractivity contribution is 7.47. The fourth-order valence-electron chi connectivity index (χ4n) is 2.94. The molecular formula is C28H53NO6P+. The summed E-state index contributed by atoms with van der Waals surface area (Å²) in [5, 5.41) is 9.85. The van der Waals surface area contributed by atoms with Gasteiger partial charge in [-0.3, -0.25) is 9.05 Å². The number of unbranched alkanes of at least 4 members (excludes halogenated alkanes) is 5. The number of aliphatic hydroxyl groups excluding tert-OH is 1. The van der Waals surface area contributed by atoms with E-state index < -0.39 is 13.9 Å². The largest absolute Gasteiger partial charge is 0.472 e. The molecule has 36 heavy (non-hydrogen) atoms. The van der Waals surface area contributed by atoms with Crippen molar-refractivity contribution in [1.29, 1.82) is 0 Å². The van der Waals surface area contributed by atoms with Gasteiger partial charge in [-0.1, -0.05) is 68.4 Å². The van der Waals surface area contributed by atoms with E-state index in [-0.39, 0.29) is 19.8 Å². The van der Waals surface area contributed by atoms with Crippen LogP contribution in [0.3, 0.4) is 0 Å². The SMILES string of the molecule is CCCCC/C=C\C/C=C\C/C=C\C/C=C\CCCCOC[C@H](O)COP(=O)(O)OCC[N+](C)(C)C. The highest BCUT2D eigenvalue weighted by Gasteiger charge is 2.24. The molecule has 1 unspecified atom stereocenters. The summed E-state index contributed by atoms with van der Waals surface area (Å²) in [4.78, 5) is 9.64. The molecular weight excluding hydrogens is 477 g/mol. The maximum absolute atomic E-state index is 11.8. The summed E-state index contributed by atoms with van der Waals surface area (Å²) in [6.07, 6.45) is 27.7. The van der Waals surface area contributed by atoms with Crippen LogP contribution in [0, 0.1) is 0 Å². The van der Waals surface area contributed by atoms with Crippen LogP contribution in [0.1, 0.15) is 71.1 Å². The van der Waals surface area contributed by atoms with Crippen LogP contribution >= 0.6 is 7.82 Å². The Balaban J connectivity index is 3.60. The zero-order valence-corrected chi connectivity index (χ0v) is 24.1. The summed E-state index contributed by atoms with van der Waals surface area (Å²) in [6, 6.07) is 0. The van der Waals surface area contributed by atoms with Crippen LogP contribution in [0.15, 0.2) is 48.6 Å². The van der Waals surface area contributed by atoms with Gasteiger partial charge in [0, 0.05) is 6.61 Å². The summed E-state index contributed by atoms with van der Waals surface area (Å²) in [5.41, 5.74) is 0. The summed E-state index contributed by atoms with van der Waals surface area (Å²) in [6.45, 7) is 3.19. The maximum Gasteiger partial charge on any atom is 0.472 e. The number of likely N-dealkylation sites (N-methyl/N-ethyl adjacent to an activating group) is 1. The Hall–Kier alpha value is -1.05. The third kappa shape index (κ3) is 27.5. The smallest absolute Gasteiger partial charge is 0.388 e. The Morgan fingerprint density at radius 3 is 1.81 bits per heavy atom. The van der Waals surface area contributed by atoms with Crippen molar-refractivity contribution in [2.24, 2.45) is 0 Å². The Kier molecular flexibility index (Phi) is 22.4. The van der Waals surface area contributed by atoms with Gasteiger partial charge in [-0.25, -0.2) is 4.57 Å². The predicted octanol–water partition coefficient (Wildman–Crippen LogP) is 6.35. The Morgan fingerprint density at radius 2 is 1.28 bits per heavy atom. The average Bonchev–Trinajstić information content (AvgIpc) is 2.80. The molecule has 0 aromatic rings. The minimum absolute atomic E-state index is 0.0587. The van der Waals surface area contributed by atoms with Crippen LogP contribution in [-0.2, 0) is 18.3 Å². The minimum Gasteiger partial charge on any atom is -0.388 e. The lowest BCUT2D eigenvalue weighted by atomic mass is 10.2. The Bertz CT molecular complexity index is 669. The monoisotopic (exact) mass is 530 g/mol. The average molecular weight is 531 g/mol. The summed E-state index contributed by atoms with van der Waals surface area (Å²) in [5.74, 6) is 0. The van der Waals surface area contributed by atoms with Gasteiger partial charge in [0.1, 0.15) is 19.3 Å². The van der Waals surface area contributed by atoms with Crippen molar-refractivity contribution in [3.63, 3.8) is 0 Å². The number of phosphoric acid groups is 1. The molecule has 210 valence electrons. The first-order chi connectivity index (χ1) is 17.2. The van der Waals surface area contributed by atoms with Gasteiger partial charge in [0.25, 0.3) is 0 Å². The zero-order chi connectivity index (χ0) is 27.0. The van der Waals surface area contributed by atoms with Gasteiger partial charge in [-0.15, -0.1) is 0 Å². The quantitative estimate of drug-likeness (QED) is 0.0655. The Morgan fingerprint density at radius 1 is 0.750 bits per heavy atom. The molecule has 0 fully saturated rings. The molecule has 0 bridgehead atoms.